The van der Waals surface area contributed by atoms with Crippen molar-refractivity contribution in [1.29, 1.82) is 0 Å². The van der Waals surface area contributed by atoms with Gasteiger partial charge < -0.3 is 4.74 Å². The smallest absolute Gasteiger partial charge is 0.337 e. The maximum atomic E-state index is 11.2. The summed E-state index contributed by atoms with van der Waals surface area (Å²) in [6, 6.07) is 5.85. The third kappa shape index (κ3) is 4.02. The van der Waals surface area contributed by atoms with E-state index in [1.807, 2.05) is 0 Å². The van der Waals surface area contributed by atoms with Crippen molar-refractivity contribution >= 4 is 21.8 Å². The molecule has 1 rings (SSSR count). The lowest BCUT2D eigenvalue weighted by atomic mass is 10.2. The van der Waals surface area contributed by atoms with Crippen LogP contribution in [0.1, 0.15) is 10.4 Å². The molecule has 0 spiro atoms. The quantitative estimate of drug-likeness (QED) is 0.463. The molecular formula is C9H12N2O5S. The summed E-state index contributed by atoms with van der Waals surface area (Å²) in [5, 5.41) is 0.557. The van der Waals surface area contributed by atoms with Crippen LogP contribution < -0.4 is 11.0 Å². The molecule has 0 saturated carbocycles. The second-order valence-corrected chi connectivity index (χ2v) is 4.70. The van der Waals surface area contributed by atoms with E-state index in [0.717, 1.165) is 6.26 Å². The van der Waals surface area contributed by atoms with Gasteiger partial charge in [-0.1, -0.05) is 6.07 Å². The topological polar surface area (TPSA) is 98.9 Å². The van der Waals surface area contributed by atoms with Crippen LogP contribution in [0.3, 0.4) is 0 Å². The van der Waals surface area contributed by atoms with Crippen LogP contribution >= 0.6 is 0 Å². The molecule has 0 radical (unpaired) electrons. The fourth-order valence-corrected chi connectivity index (χ4v) is 1.45. The normalized spacial score (nSPS) is 11.0. The Balaban J connectivity index is 2.95. The molecule has 8 heteroatoms. The molecular weight excluding hydrogens is 248 g/mol. The number of carbonyl (C=O) groups is 1. The Morgan fingerprint density at radius 2 is 2.06 bits per heavy atom. The first-order valence-corrected chi connectivity index (χ1v) is 6.28. The van der Waals surface area contributed by atoms with Crippen molar-refractivity contribution in [3.63, 3.8) is 0 Å². The van der Waals surface area contributed by atoms with Crippen LogP contribution in [0, 0.1) is 0 Å². The van der Waals surface area contributed by atoms with E-state index >= 15 is 0 Å². The number of hydrogen-bond acceptors (Lipinski definition) is 7. The number of methoxy groups -OCH3 is 1. The minimum absolute atomic E-state index is 0.207. The molecule has 0 aliphatic heterocycles. The van der Waals surface area contributed by atoms with Crippen molar-refractivity contribution in [1.82, 2.24) is 0 Å². The van der Waals surface area contributed by atoms with E-state index in [2.05, 4.69) is 9.02 Å². The number of esters is 1. The Labute approximate surface area is 98.8 Å². The summed E-state index contributed by atoms with van der Waals surface area (Å²) in [7, 11) is -2.49. The molecule has 94 valence electrons. The van der Waals surface area contributed by atoms with E-state index in [1.165, 1.54) is 31.4 Å². The van der Waals surface area contributed by atoms with Gasteiger partial charge in [0, 0.05) is 0 Å². The molecule has 0 aromatic heterocycles. The van der Waals surface area contributed by atoms with Crippen LogP contribution in [0.5, 0.6) is 0 Å². The number of nitrogens with two attached hydrogens (primary N) is 1. The van der Waals surface area contributed by atoms with Crippen molar-refractivity contribution in [2.24, 2.45) is 5.84 Å². The van der Waals surface area contributed by atoms with Crippen molar-refractivity contribution < 1.29 is 22.2 Å². The summed E-state index contributed by atoms with van der Waals surface area (Å²) in [6.45, 7) is 0. The van der Waals surface area contributed by atoms with Crippen LogP contribution in [0.25, 0.3) is 0 Å². The zero-order valence-corrected chi connectivity index (χ0v) is 10.1. The maximum absolute atomic E-state index is 11.2. The third-order valence-corrected chi connectivity index (χ3v) is 2.17. The highest BCUT2D eigenvalue weighted by molar-refractivity contribution is 7.86. The number of carbonyl (C=O) groups excluding carboxylic acids is 1. The molecule has 0 fully saturated rings. The average molecular weight is 260 g/mol. The summed E-state index contributed by atoms with van der Waals surface area (Å²) in [6.07, 6.45) is 0.858. The van der Waals surface area contributed by atoms with Gasteiger partial charge in [-0.2, -0.15) is 13.6 Å². The predicted octanol–water partition coefficient (Wildman–Crippen LogP) is 0.0445. The van der Waals surface area contributed by atoms with Crippen LogP contribution in [-0.2, 0) is 19.1 Å². The number of benzene rings is 1. The monoisotopic (exact) mass is 260 g/mol. The largest absolute Gasteiger partial charge is 0.465 e. The van der Waals surface area contributed by atoms with Crippen molar-refractivity contribution in [3.8, 4) is 0 Å². The first kappa shape index (κ1) is 13.4. The highest BCUT2D eigenvalue weighted by atomic mass is 32.2. The SMILES string of the molecule is COC(=O)c1cccc(N(N)OS(C)(=O)=O)c1. The molecule has 7 nitrogen and oxygen atoms in total. The van der Waals surface area contributed by atoms with Crippen LogP contribution in [0.4, 0.5) is 5.69 Å². The summed E-state index contributed by atoms with van der Waals surface area (Å²) in [4.78, 5) is 11.2. The minimum Gasteiger partial charge on any atom is -0.465 e. The van der Waals surface area contributed by atoms with Gasteiger partial charge in [-0.25, -0.2) is 10.6 Å². The highest BCUT2D eigenvalue weighted by Gasteiger charge is 2.12. The van der Waals surface area contributed by atoms with Crippen LogP contribution in [-0.4, -0.2) is 27.8 Å². The number of anilines is 1. The maximum Gasteiger partial charge on any atom is 0.337 e. The van der Waals surface area contributed by atoms with Gasteiger partial charge in [-0.3, -0.25) is 0 Å². The minimum atomic E-state index is -3.73. The van der Waals surface area contributed by atoms with E-state index in [4.69, 9.17) is 5.84 Å². The van der Waals surface area contributed by atoms with Gasteiger partial charge in [0.15, 0.2) is 0 Å². The van der Waals surface area contributed by atoms with Crippen LogP contribution in [0.15, 0.2) is 24.3 Å². The second kappa shape index (κ2) is 5.13. The first-order valence-electron chi connectivity index (χ1n) is 4.46. The molecule has 0 aliphatic rings. The second-order valence-electron chi connectivity index (χ2n) is 3.15. The van der Waals surface area contributed by atoms with Gasteiger partial charge in [0.2, 0.25) is 0 Å². The fraction of sp³-hybridized carbons (Fsp3) is 0.222. The van der Waals surface area contributed by atoms with Crippen molar-refractivity contribution in [2.45, 2.75) is 0 Å². The molecule has 0 aliphatic carbocycles. The summed E-state index contributed by atoms with van der Waals surface area (Å²) < 4.78 is 30.6. The number of hydrogen-bond donors (Lipinski definition) is 1. The molecule has 1 aromatic rings. The lowest BCUT2D eigenvalue weighted by Crippen LogP contribution is -2.33. The van der Waals surface area contributed by atoms with E-state index in [0.29, 0.717) is 5.17 Å². The zero-order chi connectivity index (χ0) is 13.1. The molecule has 2 N–H and O–H groups in total. The third-order valence-electron chi connectivity index (χ3n) is 1.74. The lowest BCUT2D eigenvalue weighted by Gasteiger charge is -2.16. The Bertz CT molecular complexity index is 514. The standard InChI is InChI=1S/C9H12N2O5S/c1-15-9(12)7-4-3-5-8(6-7)11(10)16-17(2,13)14/h3-6H,10H2,1-2H3. The molecule has 0 heterocycles. The van der Waals surface area contributed by atoms with Gasteiger partial charge in [0.05, 0.1) is 24.6 Å². The van der Waals surface area contributed by atoms with Crippen molar-refractivity contribution in [2.75, 3.05) is 18.5 Å². The average Bonchev–Trinajstić information content (AvgIpc) is 2.26. The predicted molar refractivity (Wildman–Crippen MR) is 60.4 cm³/mol. The molecule has 0 bridgehead atoms. The molecule has 0 saturated heterocycles. The summed E-state index contributed by atoms with van der Waals surface area (Å²) in [5.74, 6) is 4.82. The Hall–Kier alpha value is -1.64. The van der Waals surface area contributed by atoms with E-state index in [9.17, 15) is 13.2 Å². The summed E-state index contributed by atoms with van der Waals surface area (Å²) >= 11 is 0. The van der Waals surface area contributed by atoms with Crippen molar-refractivity contribution in [3.05, 3.63) is 29.8 Å². The molecule has 0 atom stereocenters. The van der Waals surface area contributed by atoms with Gasteiger partial charge in [-0.15, -0.1) is 4.28 Å². The number of rotatable bonds is 4. The first-order chi connectivity index (χ1) is 7.83. The number of nitrogens with zero attached hydrogens (tertiary/aromatic N) is 1. The molecule has 1 aromatic carbocycles. The molecule has 0 amide bonds. The zero-order valence-electron chi connectivity index (χ0n) is 9.28. The van der Waals surface area contributed by atoms with Gasteiger partial charge in [0.25, 0.3) is 10.1 Å². The molecule has 17 heavy (non-hydrogen) atoms. The van der Waals surface area contributed by atoms with E-state index in [1.54, 1.807) is 0 Å². The van der Waals surface area contributed by atoms with Crippen LogP contribution in [0.2, 0.25) is 0 Å². The van der Waals surface area contributed by atoms with Gasteiger partial charge in [-0.05, 0) is 18.2 Å². The Kier molecular flexibility index (Phi) is 4.05. The Morgan fingerprint density at radius 3 is 2.59 bits per heavy atom. The Morgan fingerprint density at radius 1 is 1.41 bits per heavy atom. The fourth-order valence-electron chi connectivity index (χ4n) is 1.08. The lowest BCUT2D eigenvalue weighted by molar-refractivity contribution is 0.0600. The number of ether oxygens (including phenoxy) is 1. The van der Waals surface area contributed by atoms with E-state index in [-0.39, 0.29) is 11.3 Å². The van der Waals surface area contributed by atoms with Gasteiger partial charge in [0.1, 0.15) is 0 Å². The highest BCUT2D eigenvalue weighted by Crippen LogP contribution is 2.15. The van der Waals surface area contributed by atoms with Gasteiger partial charge >= 0.3 is 5.97 Å². The number of hydrazine groups is 1. The van der Waals surface area contributed by atoms with E-state index < -0.39 is 16.1 Å². The summed E-state index contributed by atoms with van der Waals surface area (Å²) in [5.41, 5.74) is 0.441. The molecule has 0 unspecified atom stereocenters.